The lowest BCUT2D eigenvalue weighted by molar-refractivity contribution is -0.122. The molecule has 0 aliphatic heterocycles. The van der Waals surface area contributed by atoms with Crippen molar-refractivity contribution in [2.75, 3.05) is 0 Å². The van der Waals surface area contributed by atoms with Crippen LogP contribution in [0.4, 0.5) is 0 Å². The third kappa shape index (κ3) is 3.38. The van der Waals surface area contributed by atoms with Gasteiger partial charge in [0.15, 0.2) is 0 Å². The Bertz CT molecular complexity index is 625. The van der Waals surface area contributed by atoms with Gasteiger partial charge < -0.3 is 9.84 Å². The van der Waals surface area contributed by atoms with E-state index in [9.17, 15) is 4.79 Å². The van der Waals surface area contributed by atoms with Gasteiger partial charge in [0.25, 0.3) is 0 Å². The number of nitrogens with one attached hydrogen (secondary N) is 1. The van der Waals surface area contributed by atoms with Crippen molar-refractivity contribution in [2.24, 2.45) is 5.92 Å². The van der Waals surface area contributed by atoms with Gasteiger partial charge in [0.1, 0.15) is 5.76 Å². The SMILES string of the molecule is Cc1noc(C)c1CCC(=O)NC(c1ccccc1)C1CC1. The van der Waals surface area contributed by atoms with Crippen molar-refractivity contribution in [2.45, 2.75) is 45.6 Å². The standard InChI is InChI=1S/C18H22N2O2/c1-12-16(13(2)22-20-12)10-11-17(21)19-18(15-8-9-15)14-6-4-3-5-7-14/h3-7,15,18H,8-11H2,1-2H3,(H,19,21). The molecule has 1 aliphatic carbocycles. The molecule has 1 heterocycles. The smallest absolute Gasteiger partial charge is 0.220 e. The van der Waals surface area contributed by atoms with Crippen molar-refractivity contribution in [3.63, 3.8) is 0 Å². The average molecular weight is 298 g/mol. The molecule has 1 saturated carbocycles. The number of carbonyl (C=O) groups excluding carboxylic acids is 1. The molecule has 116 valence electrons. The highest BCUT2D eigenvalue weighted by Gasteiger charge is 2.33. The summed E-state index contributed by atoms with van der Waals surface area (Å²) in [5.74, 6) is 1.50. The highest BCUT2D eigenvalue weighted by Crippen LogP contribution is 2.40. The van der Waals surface area contributed by atoms with Crippen LogP contribution in [-0.2, 0) is 11.2 Å². The summed E-state index contributed by atoms with van der Waals surface area (Å²) in [6.45, 7) is 3.81. The second-order valence-corrected chi connectivity index (χ2v) is 6.10. The van der Waals surface area contributed by atoms with Gasteiger partial charge in [0.2, 0.25) is 5.91 Å². The highest BCUT2D eigenvalue weighted by atomic mass is 16.5. The molecule has 0 spiro atoms. The maximum Gasteiger partial charge on any atom is 0.220 e. The molecule has 4 nitrogen and oxygen atoms in total. The zero-order valence-electron chi connectivity index (χ0n) is 13.1. The number of hydrogen-bond donors (Lipinski definition) is 1. The molecule has 1 fully saturated rings. The number of carbonyl (C=O) groups is 1. The van der Waals surface area contributed by atoms with Crippen molar-refractivity contribution < 1.29 is 9.32 Å². The molecule has 1 N–H and O–H groups in total. The lowest BCUT2D eigenvalue weighted by atomic mass is 10.0. The van der Waals surface area contributed by atoms with Crippen molar-refractivity contribution in [1.82, 2.24) is 10.5 Å². The van der Waals surface area contributed by atoms with Crippen LogP contribution >= 0.6 is 0 Å². The average Bonchev–Trinajstić information content (AvgIpc) is 3.31. The second kappa shape index (κ2) is 6.34. The molecule has 1 amide bonds. The molecule has 1 aromatic carbocycles. The van der Waals surface area contributed by atoms with Crippen LogP contribution in [-0.4, -0.2) is 11.1 Å². The van der Waals surface area contributed by atoms with Gasteiger partial charge in [-0.3, -0.25) is 4.79 Å². The Morgan fingerprint density at radius 3 is 2.64 bits per heavy atom. The maximum absolute atomic E-state index is 12.3. The first kappa shape index (κ1) is 14.8. The van der Waals surface area contributed by atoms with E-state index in [1.54, 1.807) is 0 Å². The van der Waals surface area contributed by atoms with Crippen LogP contribution in [0.2, 0.25) is 0 Å². The largest absolute Gasteiger partial charge is 0.361 e. The number of amides is 1. The molecule has 0 radical (unpaired) electrons. The molecule has 0 saturated heterocycles. The minimum Gasteiger partial charge on any atom is -0.361 e. The van der Waals surface area contributed by atoms with Crippen LogP contribution in [0, 0.1) is 19.8 Å². The van der Waals surface area contributed by atoms with Gasteiger partial charge in [-0.25, -0.2) is 0 Å². The first-order valence-electron chi connectivity index (χ1n) is 7.91. The van der Waals surface area contributed by atoms with Crippen molar-refractivity contribution >= 4 is 5.91 Å². The van der Waals surface area contributed by atoms with E-state index in [2.05, 4.69) is 22.6 Å². The minimum absolute atomic E-state index is 0.0979. The van der Waals surface area contributed by atoms with E-state index in [-0.39, 0.29) is 11.9 Å². The third-order valence-electron chi connectivity index (χ3n) is 4.35. The number of aromatic nitrogens is 1. The van der Waals surface area contributed by atoms with Crippen molar-refractivity contribution in [3.05, 3.63) is 52.9 Å². The fourth-order valence-electron chi connectivity index (χ4n) is 2.91. The van der Waals surface area contributed by atoms with Crippen LogP contribution in [0.1, 0.15) is 47.9 Å². The van der Waals surface area contributed by atoms with Gasteiger partial charge in [0, 0.05) is 12.0 Å². The van der Waals surface area contributed by atoms with E-state index < -0.39 is 0 Å². The quantitative estimate of drug-likeness (QED) is 0.888. The Labute approximate surface area is 130 Å². The molecular formula is C18H22N2O2. The van der Waals surface area contributed by atoms with Gasteiger partial charge >= 0.3 is 0 Å². The zero-order valence-corrected chi connectivity index (χ0v) is 13.1. The first-order chi connectivity index (χ1) is 10.6. The molecular weight excluding hydrogens is 276 g/mol. The number of benzene rings is 1. The van der Waals surface area contributed by atoms with Gasteiger partial charge in [-0.05, 0) is 44.6 Å². The van der Waals surface area contributed by atoms with E-state index >= 15 is 0 Å². The molecule has 4 heteroatoms. The Morgan fingerprint density at radius 2 is 2.05 bits per heavy atom. The van der Waals surface area contributed by atoms with Crippen molar-refractivity contribution in [3.8, 4) is 0 Å². The van der Waals surface area contributed by atoms with Crippen LogP contribution in [0.5, 0.6) is 0 Å². The van der Waals surface area contributed by atoms with Crippen LogP contribution < -0.4 is 5.32 Å². The van der Waals surface area contributed by atoms with Gasteiger partial charge in [0.05, 0.1) is 11.7 Å². The summed E-state index contributed by atoms with van der Waals surface area (Å²) in [5.41, 5.74) is 3.14. The number of nitrogens with zero attached hydrogens (tertiary/aromatic N) is 1. The summed E-state index contributed by atoms with van der Waals surface area (Å²) in [7, 11) is 0. The number of rotatable bonds is 6. The fourth-order valence-corrected chi connectivity index (χ4v) is 2.91. The molecule has 1 atom stereocenters. The summed E-state index contributed by atoms with van der Waals surface area (Å²) in [5, 5.41) is 7.14. The predicted octanol–water partition coefficient (Wildman–Crippen LogP) is 3.49. The van der Waals surface area contributed by atoms with E-state index in [0.29, 0.717) is 18.8 Å². The van der Waals surface area contributed by atoms with Crippen LogP contribution in [0.25, 0.3) is 0 Å². The Morgan fingerprint density at radius 1 is 1.32 bits per heavy atom. The minimum atomic E-state index is 0.0979. The Hall–Kier alpha value is -2.10. The summed E-state index contributed by atoms with van der Waals surface area (Å²) in [6, 6.07) is 10.4. The van der Waals surface area contributed by atoms with Gasteiger partial charge in [-0.15, -0.1) is 0 Å². The highest BCUT2D eigenvalue weighted by molar-refractivity contribution is 5.76. The second-order valence-electron chi connectivity index (χ2n) is 6.10. The summed E-state index contributed by atoms with van der Waals surface area (Å²) >= 11 is 0. The van der Waals surface area contributed by atoms with E-state index in [1.807, 2.05) is 32.0 Å². The zero-order chi connectivity index (χ0) is 15.5. The fraction of sp³-hybridized carbons (Fsp3) is 0.444. The molecule has 1 unspecified atom stereocenters. The topological polar surface area (TPSA) is 55.1 Å². The van der Waals surface area contributed by atoms with Gasteiger partial charge in [-0.1, -0.05) is 35.5 Å². The molecule has 2 aromatic rings. The maximum atomic E-state index is 12.3. The Balaban J connectivity index is 1.60. The normalized spacial score (nSPS) is 15.5. The molecule has 1 aromatic heterocycles. The lowest BCUT2D eigenvalue weighted by Crippen LogP contribution is -2.30. The van der Waals surface area contributed by atoms with Gasteiger partial charge in [-0.2, -0.15) is 0 Å². The Kier molecular flexibility index (Phi) is 4.27. The van der Waals surface area contributed by atoms with E-state index in [4.69, 9.17) is 4.52 Å². The molecule has 3 rings (SSSR count). The molecule has 1 aliphatic rings. The number of aryl methyl sites for hydroxylation is 2. The molecule has 22 heavy (non-hydrogen) atoms. The lowest BCUT2D eigenvalue weighted by Gasteiger charge is -2.18. The monoisotopic (exact) mass is 298 g/mol. The predicted molar refractivity (Wildman–Crippen MR) is 84.3 cm³/mol. The number of hydrogen-bond acceptors (Lipinski definition) is 3. The summed E-state index contributed by atoms with van der Waals surface area (Å²) < 4.78 is 5.14. The van der Waals surface area contributed by atoms with Crippen LogP contribution in [0.3, 0.4) is 0 Å². The summed E-state index contributed by atoms with van der Waals surface area (Å²) in [6.07, 6.45) is 3.55. The third-order valence-corrected chi connectivity index (χ3v) is 4.35. The van der Waals surface area contributed by atoms with E-state index in [1.165, 1.54) is 18.4 Å². The van der Waals surface area contributed by atoms with E-state index in [0.717, 1.165) is 17.0 Å². The van der Waals surface area contributed by atoms with Crippen molar-refractivity contribution in [1.29, 1.82) is 0 Å². The first-order valence-corrected chi connectivity index (χ1v) is 7.91. The summed E-state index contributed by atoms with van der Waals surface area (Å²) in [4.78, 5) is 12.3. The molecule has 0 bridgehead atoms. The van der Waals surface area contributed by atoms with Crippen LogP contribution in [0.15, 0.2) is 34.9 Å².